The second-order valence-corrected chi connectivity index (χ2v) is 5.58. The first-order valence-electron chi connectivity index (χ1n) is 8.00. The first-order valence-corrected chi connectivity index (χ1v) is 8.00. The van der Waals surface area contributed by atoms with Gasteiger partial charge in [0.1, 0.15) is 5.82 Å². The minimum absolute atomic E-state index is 0.235. The Morgan fingerprint density at radius 3 is 2.31 bits per heavy atom. The standard InChI is InChI=1S/C23H15FO2/c24-21-15-13-19(14-16-21)22-8-4-3-7-18(22)6-2-1-5-17-9-11-20(12-10-17)23(25)26/h2-4,6-16H,(H,25,26)/b6-2+. The van der Waals surface area contributed by atoms with E-state index in [0.717, 1.165) is 22.3 Å². The minimum Gasteiger partial charge on any atom is -0.478 e. The summed E-state index contributed by atoms with van der Waals surface area (Å²) in [5.74, 6) is 4.70. The lowest BCUT2D eigenvalue weighted by Gasteiger charge is -2.05. The fraction of sp³-hybridized carbons (Fsp3) is 0. The molecule has 0 saturated carbocycles. The molecule has 0 amide bonds. The second kappa shape index (κ2) is 7.96. The average molecular weight is 342 g/mol. The lowest BCUT2D eigenvalue weighted by Crippen LogP contribution is -1.94. The van der Waals surface area contributed by atoms with Crippen LogP contribution in [0, 0.1) is 17.7 Å². The molecular formula is C23H15FO2. The summed E-state index contributed by atoms with van der Waals surface area (Å²) in [6.07, 6.45) is 3.64. The van der Waals surface area contributed by atoms with Gasteiger partial charge in [-0.25, -0.2) is 9.18 Å². The number of hydrogen-bond acceptors (Lipinski definition) is 1. The molecule has 0 bridgehead atoms. The Bertz CT molecular complexity index is 1000. The molecule has 0 aromatic heterocycles. The van der Waals surface area contributed by atoms with Crippen LogP contribution >= 0.6 is 0 Å². The van der Waals surface area contributed by atoms with Gasteiger partial charge in [-0.05, 0) is 65.2 Å². The van der Waals surface area contributed by atoms with Gasteiger partial charge in [0.25, 0.3) is 0 Å². The van der Waals surface area contributed by atoms with Crippen LogP contribution in [-0.4, -0.2) is 11.1 Å². The molecule has 3 rings (SSSR count). The van der Waals surface area contributed by atoms with Gasteiger partial charge in [0.05, 0.1) is 5.56 Å². The largest absolute Gasteiger partial charge is 0.478 e. The van der Waals surface area contributed by atoms with Crippen LogP contribution in [0.25, 0.3) is 17.2 Å². The van der Waals surface area contributed by atoms with Gasteiger partial charge >= 0.3 is 5.97 Å². The topological polar surface area (TPSA) is 37.3 Å². The second-order valence-electron chi connectivity index (χ2n) is 5.58. The highest BCUT2D eigenvalue weighted by Crippen LogP contribution is 2.24. The number of carboxylic acid groups (broad SMARTS) is 1. The van der Waals surface area contributed by atoms with Crippen molar-refractivity contribution in [2.45, 2.75) is 0 Å². The van der Waals surface area contributed by atoms with Crippen LogP contribution in [0.15, 0.2) is 78.9 Å². The van der Waals surface area contributed by atoms with Crippen molar-refractivity contribution in [1.29, 1.82) is 0 Å². The first kappa shape index (κ1) is 17.2. The zero-order valence-corrected chi connectivity index (χ0v) is 13.8. The summed E-state index contributed by atoms with van der Waals surface area (Å²) in [6, 6.07) is 20.6. The van der Waals surface area contributed by atoms with E-state index in [2.05, 4.69) is 11.8 Å². The first-order chi connectivity index (χ1) is 12.6. The van der Waals surface area contributed by atoms with E-state index in [0.29, 0.717) is 0 Å². The average Bonchev–Trinajstić information content (AvgIpc) is 2.67. The summed E-state index contributed by atoms with van der Waals surface area (Å²) >= 11 is 0. The SMILES string of the molecule is O=C(O)c1ccc(C#C/C=C/c2ccccc2-c2ccc(F)cc2)cc1. The molecule has 2 nitrogen and oxygen atoms in total. The van der Waals surface area contributed by atoms with E-state index in [1.165, 1.54) is 24.3 Å². The highest BCUT2D eigenvalue weighted by Gasteiger charge is 2.02. The van der Waals surface area contributed by atoms with Gasteiger partial charge in [0, 0.05) is 5.56 Å². The monoisotopic (exact) mass is 342 g/mol. The Balaban J connectivity index is 1.80. The summed E-state index contributed by atoms with van der Waals surface area (Å²) in [7, 11) is 0. The Morgan fingerprint density at radius 2 is 1.62 bits per heavy atom. The maximum absolute atomic E-state index is 13.1. The summed E-state index contributed by atoms with van der Waals surface area (Å²) < 4.78 is 13.1. The summed E-state index contributed by atoms with van der Waals surface area (Å²) in [6.45, 7) is 0. The van der Waals surface area contributed by atoms with E-state index < -0.39 is 5.97 Å². The van der Waals surface area contributed by atoms with Crippen molar-refractivity contribution in [1.82, 2.24) is 0 Å². The Hall–Kier alpha value is -3.64. The third-order valence-electron chi connectivity index (χ3n) is 3.81. The molecule has 0 atom stereocenters. The van der Waals surface area contributed by atoms with Crippen LogP contribution in [0.4, 0.5) is 4.39 Å². The van der Waals surface area contributed by atoms with Gasteiger partial charge in [-0.15, -0.1) is 0 Å². The van der Waals surface area contributed by atoms with Crippen LogP contribution in [-0.2, 0) is 0 Å². The molecule has 3 aromatic rings. The van der Waals surface area contributed by atoms with Crippen LogP contribution < -0.4 is 0 Å². The Morgan fingerprint density at radius 1 is 0.923 bits per heavy atom. The zero-order valence-electron chi connectivity index (χ0n) is 13.8. The van der Waals surface area contributed by atoms with Gasteiger partial charge in [-0.3, -0.25) is 0 Å². The minimum atomic E-state index is -0.957. The van der Waals surface area contributed by atoms with E-state index >= 15 is 0 Å². The van der Waals surface area contributed by atoms with Crippen LogP contribution in [0.3, 0.4) is 0 Å². The van der Waals surface area contributed by atoms with Crippen molar-refractivity contribution in [2.24, 2.45) is 0 Å². The molecule has 0 unspecified atom stereocenters. The lowest BCUT2D eigenvalue weighted by molar-refractivity contribution is 0.0697. The van der Waals surface area contributed by atoms with Crippen molar-refractivity contribution in [2.75, 3.05) is 0 Å². The summed E-state index contributed by atoms with van der Waals surface area (Å²) in [5, 5.41) is 8.88. The Labute approximate surface area is 151 Å². The van der Waals surface area contributed by atoms with Crippen LogP contribution in [0.1, 0.15) is 21.5 Å². The number of halogens is 1. The lowest BCUT2D eigenvalue weighted by atomic mass is 9.99. The van der Waals surface area contributed by atoms with Gasteiger partial charge < -0.3 is 5.11 Å². The van der Waals surface area contributed by atoms with Crippen molar-refractivity contribution in [3.05, 3.63) is 101 Å². The normalized spacial score (nSPS) is 10.3. The molecule has 3 aromatic carbocycles. The van der Waals surface area contributed by atoms with Crippen molar-refractivity contribution in [3.63, 3.8) is 0 Å². The quantitative estimate of drug-likeness (QED) is 0.660. The molecule has 0 aliphatic heterocycles. The number of carbonyl (C=O) groups is 1. The third kappa shape index (κ3) is 4.25. The maximum Gasteiger partial charge on any atom is 0.335 e. The number of benzene rings is 3. The van der Waals surface area contributed by atoms with Crippen molar-refractivity contribution in [3.8, 4) is 23.0 Å². The molecule has 0 fully saturated rings. The molecule has 0 spiro atoms. The van der Waals surface area contributed by atoms with Crippen LogP contribution in [0.5, 0.6) is 0 Å². The van der Waals surface area contributed by atoms with E-state index in [4.69, 9.17) is 5.11 Å². The fourth-order valence-electron chi connectivity index (χ4n) is 2.49. The van der Waals surface area contributed by atoms with Gasteiger partial charge in [0.2, 0.25) is 0 Å². The number of carboxylic acids is 1. The molecular weight excluding hydrogens is 327 g/mol. The zero-order chi connectivity index (χ0) is 18.4. The number of hydrogen-bond donors (Lipinski definition) is 1. The Kier molecular flexibility index (Phi) is 5.26. The maximum atomic E-state index is 13.1. The molecule has 0 heterocycles. The highest BCUT2D eigenvalue weighted by atomic mass is 19.1. The van der Waals surface area contributed by atoms with Gasteiger partial charge in [-0.2, -0.15) is 0 Å². The molecule has 0 aliphatic rings. The molecule has 1 N–H and O–H groups in total. The van der Waals surface area contributed by atoms with Gasteiger partial charge in [0.15, 0.2) is 0 Å². The molecule has 3 heteroatoms. The predicted octanol–water partition coefficient (Wildman–Crippen LogP) is 5.26. The smallest absolute Gasteiger partial charge is 0.335 e. The van der Waals surface area contributed by atoms with Crippen molar-refractivity contribution < 1.29 is 14.3 Å². The molecule has 0 saturated heterocycles. The van der Waals surface area contributed by atoms with E-state index in [-0.39, 0.29) is 11.4 Å². The third-order valence-corrected chi connectivity index (χ3v) is 3.81. The molecule has 0 radical (unpaired) electrons. The van der Waals surface area contributed by atoms with Crippen molar-refractivity contribution >= 4 is 12.0 Å². The van der Waals surface area contributed by atoms with E-state index in [1.54, 1.807) is 30.3 Å². The molecule has 26 heavy (non-hydrogen) atoms. The molecule has 126 valence electrons. The highest BCUT2D eigenvalue weighted by molar-refractivity contribution is 5.87. The number of allylic oxidation sites excluding steroid dienone is 1. The summed E-state index contributed by atoms with van der Waals surface area (Å²) in [5.41, 5.74) is 3.89. The molecule has 0 aliphatic carbocycles. The van der Waals surface area contributed by atoms with Gasteiger partial charge in [-0.1, -0.05) is 48.2 Å². The summed E-state index contributed by atoms with van der Waals surface area (Å²) in [4.78, 5) is 10.8. The predicted molar refractivity (Wildman–Crippen MR) is 101 cm³/mol. The number of rotatable bonds is 3. The number of aromatic carboxylic acids is 1. The van der Waals surface area contributed by atoms with E-state index in [1.807, 2.05) is 30.3 Å². The van der Waals surface area contributed by atoms with E-state index in [9.17, 15) is 9.18 Å². The fourth-order valence-corrected chi connectivity index (χ4v) is 2.49. The van der Waals surface area contributed by atoms with Crippen LogP contribution in [0.2, 0.25) is 0 Å².